The summed E-state index contributed by atoms with van der Waals surface area (Å²) >= 11 is 0. The third kappa shape index (κ3) is 2.71. The van der Waals surface area contributed by atoms with E-state index in [4.69, 9.17) is 5.73 Å². The summed E-state index contributed by atoms with van der Waals surface area (Å²) in [5.41, 5.74) is 5.82. The topological polar surface area (TPSA) is 63.4 Å². The molecule has 2 rings (SSSR count). The van der Waals surface area contributed by atoms with E-state index in [2.05, 4.69) is 0 Å². The first-order chi connectivity index (χ1) is 6.99. The fraction of sp³-hybridized carbons (Fsp3) is 1.00. The van der Waals surface area contributed by atoms with Crippen molar-refractivity contribution >= 4 is 10.0 Å². The molecule has 5 heteroatoms. The molecule has 0 aromatic rings. The van der Waals surface area contributed by atoms with Crippen molar-refractivity contribution in [3.63, 3.8) is 0 Å². The summed E-state index contributed by atoms with van der Waals surface area (Å²) in [7, 11) is -3.01. The maximum Gasteiger partial charge on any atom is 0.214 e. The van der Waals surface area contributed by atoms with E-state index in [0.29, 0.717) is 18.2 Å². The molecular weight excluding hydrogens is 212 g/mol. The Morgan fingerprint density at radius 2 is 2.00 bits per heavy atom. The monoisotopic (exact) mass is 232 g/mol. The highest BCUT2D eigenvalue weighted by molar-refractivity contribution is 7.89. The van der Waals surface area contributed by atoms with E-state index in [1.807, 2.05) is 6.92 Å². The van der Waals surface area contributed by atoms with Gasteiger partial charge in [-0.15, -0.1) is 0 Å². The van der Waals surface area contributed by atoms with Gasteiger partial charge < -0.3 is 5.73 Å². The molecule has 0 radical (unpaired) electrons. The zero-order valence-electron chi connectivity index (χ0n) is 9.22. The van der Waals surface area contributed by atoms with Crippen LogP contribution in [0, 0.1) is 5.92 Å². The zero-order valence-corrected chi connectivity index (χ0v) is 10.0. The molecule has 1 aliphatic carbocycles. The minimum atomic E-state index is -3.01. The van der Waals surface area contributed by atoms with Crippen LogP contribution in [0.1, 0.15) is 32.6 Å². The molecule has 0 amide bonds. The molecule has 0 spiro atoms. The average Bonchev–Trinajstić information content (AvgIpc) is 2.86. The van der Waals surface area contributed by atoms with Gasteiger partial charge in [0.1, 0.15) is 0 Å². The molecule has 1 heterocycles. The second-order valence-electron chi connectivity index (χ2n) is 4.97. The lowest BCUT2D eigenvalue weighted by Gasteiger charge is -2.35. The molecule has 0 aromatic heterocycles. The lowest BCUT2D eigenvalue weighted by Crippen LogP contribution is -2.49. The van der Waals surface area contributed by atoms with Gasteiger partial charge in [-0.1, -0.05) is 0 Å². The van der Waals surface area contributed by atoms with E-state index in [-0.39, 0.29) is 12.1 Å². The number of piperidine rings is 1. The van der Waals surface area contributed by atoms with Gasteiger partial charge in [-0.25, -0.2) is 8.42 Å². The van der Waals surface area contributed by atoms with Crippen molar-refractivity contribution in [2.45, 2.75) is 44.7 Å². The van der Waals surface area contributed by atoms with E-state index < -0.39 is 10.0 Å². The minimum Gasteiger partial charge on any atom is -0.328 e. The van der Waals surface area contributed by atoms with Crippen LogP contribution in [-0.2, 0) is 10.0 Å². The van der Waals surface area contributed by atoms with E-state index >= 15 is 0 Å². The Balaban J connectivity index is 2.01. The fourth-order valence-electron chi connectivity index (χ4n) is 2.28. The Morgan fingerprint density at radius 1 is 1.33 bits per heavy atom. The summed E-state index contributed by atoms with van der Waals surface area (Å²) in [6.45, 7) is 2.57. The number of nitrogens with zero attached hydrogens (tertiary/aromatic N) is 1. The van der Waals surface area contributed by atoms with Crippen LogP contribution < -0.4 is 5.73 Å². The number of sulfonamides is 1. The van der Waals surface area contributed by atoms with Crippen LogP contribution in [-0.4, -0.2) is 37.1 Å². The van der Waals surface area contributed by atoms with Gasteiger partial charge >= 0.3 is 0 Å². The summed E-state index contributed by atoms with van der Waals surface area (Å²) < 4.78 is 25.7. The molecule has 0 bridgehead atoms. The van der Waals surface area contributed by atoms with Gasteiger partial charge in [0.15, 0.2) is 0 Å². The van der Waals surface area contributed by atoms with Crippen LogP contribution in [0.15, 0.2) is 0 Å². The Labute approximate surface area is 91.9 Å². The minimum absolute atomic E-state index is 0.0810. The second-order valence-corrected chi connectivity index (χ2v) is 6.93. The van der Waals surface area contributed by atoms with Crippen LogP contribution in [0.3, 0.4) is 0 Å². The van der Waals surface area contributed by atoms with Gasteiger partial charge in [0, 0.05) is 18.6 Å². The van der Waals surface area contributed by atoms with Gasteiger partial charge in [0.05, 0.1) is 5.75 Å². The Kier molecular flexibility index (Phi) is 3.05. The maximum atomic E-state index is 12.0. The number of hydrogen-bond acceptors (Lipinski definition) is 3. The highest BCUT2D eigenvalue weighted by Crippen LogP contribution is 2.32. The molecule has 1 saturated carbocycles. The van der Waals surface area contributed by atoms with Crippen molar-refractivity contribution in [3.8, 4) is 0 Å². The Bertz CT molecular complexity index is 324. The third-order valence-corrected chi connectivity index (χ3v) is 5.51. The summed E-state index contributed by atoms with van der Waals surface area (Å²) in [4.78, 5) is 0. The van der Waals surface area contributed by atoms with Crippen molar-refractivity contribution in [3.05, 3.63) is 0 Å². The van der Waals surface area contributed by atoms with Crippen molar-refractivity contribution in [2.75, 3.05) is 12.3 Å². The summed E-state index contributed by atoms with van der Waals surface area (Å²) in [5.74, 6) is 0.782. The fourth-order valence-corrected chi connectivity index (χ4v) is 4.42. The van der Waals surface area contributed by atoms with Gasteiger partial charge in [-0.05, 0) is 38.5 Å². The quantitative estimate of drug-likeness (QED) is 0.772. The normalized spacial score (nSPS) is 34.3. The van der Waals surface area contributed by atoms with Crippen molar-refractivity contribution in [2.24, 2.45) is 11.7 Å². The number of hydrogen-bond donors (Lipinski definition) is 1. The van der Waals surface area contributed by atoms with Crippen LogP contribution >= 0.6 is 0 Å². The van der Waals surface area contributed by atoms with E-state index in [1.165, 1.54) is 0 Å². The van der Waals surface area contributed by atoms with Crippen molar-refractivity contribution in [1.82, 2.24) is 4.31 Å². The summed E-state index contributed by atoms with van der Waals surface area (Å²) in [6, 6.07) is 0.255. The van der Waals surface area contributed by atoms with Crippen molar-refractivity contribution in [1.29, 1.82) is 0 Å². The Hall–Kier alpha value is -0.130. The van der Waals surface area contributed by atoms with Crippen LogP contribution in [0.5, 0.6) is 0 Å². The first kappa shape index (κ1) is 11.4. The lowest BCUT2D eigenvalue weighted by atomic mass is 10.0. The second kappa shape index (κ2) is 4.03. The van der Waals surface area contributed by atoms with Gasteiger partial charge in [-0.3, -0.25) is 0 Å². The maximum absolute atomic E-state index is 12.0. The summed E-state index contributed by atoms with van der Waals surface area (Å²) in [6.07, 6.45) is 3.76. The third-order valence-electron chi connectivity index (χ3n) is 3.36. The highest BCUT2D eigenvalue weighted by Gasteiger charge is 2.36. The highest BCUT2D eigenvalue weighted by atomic mass is 32.2. The zero-order chi connectivity index (χ0) is 11.1. The van der Waals surface area contributed by atoms with Gasteiger partial charge in [0.2, 0.25) is 10.0 Å². The van der Waals surface area contributed by atoms with Crippen LogP contribution in [0.25, 0.3) is 0 Å². The Morgan fingerprint density at radius 3 is 2.53 bits per heavy atom. The molecule has 0 aromatic carbocycles. The molecule has 4 nitrogen and oxygen atoms in total. The predicted molar refractivity (Wildman–Crippen MR) is 59.9 cm³/mol. The molecule has 1 aliphatic heterocycles. The largest absolute Gasteiger partial charge is 0.328 e. The molecule has 15 heavy (non-hydrogen) atoms. The van der Waals surface area contributed by atoms with Gasteiger partial charge in [-0.2, -0.15) is 4.31 Å². The van der Waals surface area contributed by atoms with E-state index in [0.717, 1.165) is 25.7 Å². The molecule has 88 valence electrons. The van der Waals surface area contributed by atoms with Crippen LogP contribution in [0.2, 0.25) is 0 Å². The van der Waals surface area contributed by atoms with Gasteiger partial charge in [0.25, 0.3) is 0 Å². The lowest BCUT2D eigenvalue weighted by molar-refractivity contribution is 0.247. The molecule has 2 aliphatic rings. The van der Waals surface area contributed by atoms with E-state index in [1.54, 1.807) is 4.31 Å². The molecule has 2 atom stereocenters. The molecule has 2 N–H and O–H groups in total. The van der Waals surface area contributed by atoms with Crippen molar-refractivity contribution < 1.29 is 8.42 Å². The first-order valence-corrected chi connectivity index (χ1v) is 7.35. The average molecular weight is 232 g/mol. The van der Waals surface area contributed by atoms with Crippen LogP contribution in [0.4, 0.5) is 0 Å². The first-order valence-electron chi connectivity index (χ1n) is 5.74. The molecule has 2 fully saturated rings. The SMILES string of the molecule is CC1CC(N)CCN1S(=O)(=O)CC1CC1. The number of rotatable bonds is 3. The molecule has 1 saturated heterocycles. The standard InChI is InChI=1S/C10H20N2O2S/c1-8-6-10(11)4-5-12(8)15(13,14)7-9-2-3-9/h8-10H,2-7,11H2,1H3. The summed E-state index contributed by atoms with van der Waals surface area (Å²) in [5, 5.41) is 0. The molecule has 2 unspecified atom stereocenters. The number of nitrogens with two attached hydrogens (primary N) is 1. The predicted octanol–water partition coefficient (Wildman–Crippen LogP) is 0.538. The molecular formula is C10H20N2O2S. The van der Waals surface area contributed by atoms with E-state index in [9.17, 15) is 8.42 Å². The smallest absolute Gasteiger partial charge is 0.214 e.